The van der Waals surface area contributed by atoms with Crippen LogP contribution in [0.5, 0.6) is 0 Å². The molecule has 1 aromatic carbocycles. The molecule has 1 saturated heterocycles. The van der Waals surface area contributed by atoms with E-state index in [-0.39, 0.29) is 6.04 Å². The average Bonchev–Trinajstić information content (AvgIpc) is 2.91. The number of nitrogens with one attached hydrogen (secondary N) is 1. The second-order valence-electron chi connectivity index (χ2n) is 4.60. The van der Waals surface area contributed by atoms with Crippen LogP contribution in [0.15, 0.2) is 36.7 Å². The van der Waals surface area contributed by atoms with Crippen molar-refractivity contribution < 1.29 is 5.11 Å². The minimum Gasteiger partial charge on any atom is -0.387 e. The first-order chi connectivity index (χ1) is 8.36. The van der Waals surface area contributed by atoms with Gasteiger partial charge in [-0.15, -0.1) is 0 Å². The molecule has 1 aliphatic heterocycles. The van der Waals surface area contributed by atoms with E-state index in [1.165, 1.54) is 0 Å². The summed E-state index contributed by atoms with van der Waals surface area (Å²) in [5.74, 6) is 0. The Hall–Kier alpha value is -1.45. The molecule has 2 unspecified atom stereocenters. The molecule has 0 amide bonds. The molecule has 1 fully saturated rings. The Kier molecular flexibility index (Phi) is 2.79. The second kappa shape index (κ2) is 4.43. The maximum atomic E-state index is 10.4. The number of pyridine rings is 1. The van der Waals surface area contributed by atoms with E-state index in [9.17, 15) is 5.11 Å². The summed E-state index contributed by atoms with van der Waals surface area (Å²) < 4.78 is 0. The number of aromatic nitrogens is 1. The molecule has 2 N–H and O–H groups in total. The maximum Gasteiger partial charge on any atom is 0.0963 e. The van der Waals surface area contributed by atoms with Crippen LogP contribution in [-0.4, -0.2) is 22.7 Å². The van der Waals surface area contributed by atoms with E-state index in [0.29, 0.717) is 0 Å². The zero-order valence-corrected chi connectivity index (χ0v) is 9.63. The predicted molar refractivity (Wildman–Crippen MR) is 67.7 cm³/mol. The van der Waals surface area contributed by atoms with Gasteiger partial charge in [0.2, 0.25) is 0 Å². The fourth-order valence-corrected chi connectivity index (χ4v) is 2.57. The number of aliphatic hydroxyl groups excluding tert-OH is 1. The van der Waals surface area contributed by atoms with Gasteiger partial charge in [-0.3, -0.25) is 4.98 Å². The van der Waals surface area contributed by atoms with E-state index >= 15 is 0 Å². The van der Waals surface area contributed by atoms with Crippen LogP contribution in [0.1, 0.15) is 24.5 Å². The zero-order valence-electron chi connectivity index (χ0n) is 9.63. The normalized spacial score (nSPS) is 21.8. The van der Waals surface area contributed by atoms with Crippen molar-refractivity contribution in [1.29, 1.82) is 0 Å². The summed E-state index contributed by atoms with van der Waals surface area (Å²) in [7, 11) is 0. The van der Waals surface area contributed by atoms with Crippen LogP contribution >= 0.6 is 0 Å². The van der Waals surface area contributed by atoms with Gasteiger partial charge in [0.15, 0.2) is 0 Å². The van der Waals surface area contributed by atoms with Gasteiger partial charge >= 0.3 is 0 Å². The summed E-state index contributed by atoms with van der Waals surface area (Å²) in [4.78, 5) is 4.22. The molecule has 1 aromatic heterocycles. The van der Waals surface area contributed by atoms with Crippen LogP contribution in [0.2, 0.25) is 0 Å². The molecule has 0 bridgehead atoms. The van der Waals surface area contributed by atoms with Crippen molar-refractivity contribution in [2.45, 2.75) is 25.0 Å². The Morgan fingerprint density at radius 2 is 2.18 bits per heavy atom. The molecule has 0 radical (unpaired) electrons. The third kappa shape index (κ3) is 1.92. The van der Waals surface area contributed by atoms with Crippen molar-refractivity contribution in [3.8, 4) is 0 Å². The molecule has 2 atom stereocenters. The minimum atomic E-state index is -0.462. The summed E-state index contributed by atoms with van der Waals surface area (Å²) in [6.07, 6.45) is 5.33. The number of rotatable bonds is 2. The molecule has 0 spiro atoms. The predicted octanol–water partition coefficient (Wildman–Crippen LogP) is 2.02. The number of nitrogens with zero attached hydrogens (tertiary/aromatic N) is 1. The summed E-state index contributed by atoms with van der Waals surface area (Å²) in [6.45, 7) is 1.000. The molecule has 17 heavy (non-hydrogen) atoms. The smallest absolute Gasteiger partial charge is 0.0963 e. The zero-order chi connectivity index (χ0) is 11.7. The third-order valence-electron chi connectivity index (χ3n) is 3.50. The van der Waals surface area contributed by atoms with Crippen molar-refractivity contribution in [2.75, 3.05) is 6.54 Å². The first-order valence-corrected chi connectivity index (χ1v) is 6.10. The summed E-state index contributed by atoms with van der Waals surface area (Å²) in [5.41, 5.74) is 0.933. The Balaban J connectivity index is 2.04. The lowest BCUT2D eigenvalue weighted by molar-refractivity contribution is 0.138. The number of hydrogen-bond acceptors (Lipinski definition) is 3. The van der Waals surface area contributed by atoms with Crippen LogP contribution in [0.4, 0.5) is 0 Å². The summed E-state index contributed by atoms with van der Waals surface area (Å²) >= 11 is 0. The van der Waals surface area contributed by atoms with Gasteiger partial charge in [0.05, 0.1) is 6.10 Å². The van der Waals surface area contributed by atoms with E-state index in [1.54, 1.807) is 6.20 Å². The van der Waals surface area contributed by atoms with E-state index in [0.717, 1.165) is 35.7 Å². The van der Waals surface area contributed by atoms with Crippen molar-refractivity contribution >= 4 is 10.8 Å². The monoisotopic (exact) mass is 228 g/mol. The van der Waals surface area contributed by atoms with Crippen molar-refractivity contribution in [1.82, 2.24) is 10.3 Å². The van der Waals surface area contributed by atoms with Crippen molar-refractivity contribution in [3.05, 3.63) is 42.2 Å². The summed E-state index contributed by atoms with van der Waals surface area (Å²) in [6, 6.07) is 8.24. The van der Waals surface area contributed by atoms with Crippen LogP contribution in [0, 0.1) is 0 Å². The number of fused-ring (bicyclic) bond motifs is 1. The molecular weight excluding hydrogens is 212 g/mol. The first-order valence-electron chi connectivity index (χ1n) is 6.10. The second-order valence-corrected chi connectivity index (χ2v) is 4.60. The lowest BCUT2D eigenvalue weighted by Gasteiger charge is -2.19. The van der Waals surface area contributed by atoms with E-state index in [1.807, 2.05) is 30.5 Å². The minimum absolute atomic E-state index is 0.169. The van der Waals surface area contributed by atoms with E-state index in [2.05, 4.69) is 10.3 Å². The highest BCUT2D eigenvalue weighted by Gasteiger charge is 2.25. The van der Waals surface area contributed by atoms with Crippen LogP contribution in [-0.2, 0) is 0 Å². The Bertz CT molecular complexity index is 515. The van der Waals surface area contributed by atoms with Gasteiger partial charge in [0.1, 0.15) is 0 Å². The summed E-state index contributed by atoms with van der Waals surface area (Å²) in [5, 5.41) is 15.9. The Morgan fingerprint density at radius 3 is 3.00 bits per heavy atom. The van der Waals surface area contributed by atoms with Gasteiger partial charge in [-0.05, 0) is 24.8 Å². The average molecular weight is 228 g/mol. The Labute approximate surface area is 100 Å². The van der Waals surface area contributed by atoms with Crippen LogP contribution in [0.3, 0.4) is 0 Å². The highest BCUT2D eigenvalue weighted by atomic mass is 16.3. The topological polar surface area (TPSA) is 45.2 Å². The van der Waals surface area contributed by atoms with Gasteiger partial charge in [0.25, 0.3) is 0 Å². The van der Waals surface area contributed by atoms with Gasteiger partial charge in [-0.25, -0.2) is 0 Å². The molecule has 2 heterocycles. The molecule has 3 heteroatoms. The molecule has 0 saturated carbocycles. The SMILES string of the molecule is OC(c1cncc2ccccc12)C1CCCN1. The van der Waals surface area contributed by atoms with Gasteiger partial charge in [-0.1, -0.05) is 24.3 Å². The van der Waals surface area contributed by atoms with Gasteiger partial charge in [-0.2, -0.15) is 0 Å². The van der Waals surface area contributed by atoms with E-state index < -0.39 is 6.10 Å². The lowest BCUT2D eigenvalue weighted by atomic mass is 9.98. The molecule has 0 aliphatic carbocycles. The Morgan fingerprint density at radius 1 is 1.29 bits per heavy atom. The number of benzene rings is 1. The maximum absolute atomic E-state index is 10.4. The van der Waals surface area contributed by atoms with Gasteiger partial charge < -0.3 is 10.4 Å². The molecule has 88 valence electrons. The van der Waals surface area contributed by atoms with Crippen molar-refractivity contribution in [3.63, 3.8) is 0 Å². The highest BCUT2D eigenvalue weighted by molar-refractivity contribution is 5.85. The number of aliphatic hydroxyl groups is 1. The lowest BCUT2D eigenvalue weighted by Crippen LogP contribution is -2.28. The van der Waals surface area contributed by atoms with Crippen molar-refractivity contribution in [2.24, 2.45) is 0 Å². The largest absolute Gasteiger partial charge is 0.387 e. The third-order valence-corrected chi connectivity index (χ3v) is 3.50. The quantitative estimate of drug-likeness (QED) is 0.826. The molecule has 3 nitrogen and oxygen atoms in total. The molecule has 3 rings (SSSR count). The molecule has 1 aliphatic rings. The molecule has 2 aromatic rings. The fraction of sp³-hybridized carbons (Fsp3) is 0.357. The van der Waals surface area contributed by atoms with Crippen LogP contribution in [0.25, 0.3) is 10.8 Å². The first kappa shape index (κ1) is 10.7. The van der Waals surface area contributed by atoms with Crippen LogP contribution < -0.4 is 5.32 Å². The standard InChI is InChI=1S/C14H16N2O/c17-14(13-6-3-7-16-13)12-9-15-8-10-4-1-2-5-11(10)12/h1-2,4-5,8-9,13-14,16-17H,3,6-7H2. The van der Waals surface area contributed by atoms with E-state index in [4.69, 9.17) is 0 Å². The fourth-order valence-electron chi connectivity index (χ4n) is 2.57. The van der Waals surface area contributed by atoms with Gasteiger partial charge in [0, 0.05) is 29.4 Å². The highest BCUT2D eigenvalue weighted by Crippen LogP contribution is 2.28. The number of hydrogen-bond donors (Lipinski definition) is 2. The molecular formula is C14H16N2O.